The van der Waals surface area contributed by atoms with E-state index in [1.807, 2.05) is 36.3 Å². The second-order valence-corrected chi connectivity index (χ2v) is 10.5. The molecule has 12 heteroatoms. The average molecular weight is 529 g/mol. The number of carbonyl (C=O) groups is 1. The Hall–Kier alpha value is -4.08. The van der Waals surface area contributed by atoms with Gasteiger partial charge in [-0.1, -0.05) is 11.3 Å². The first-order chi connectivity index (χ1) is 18.6. The fourth-order valence-corrected chi connectivity index (χ4v) is 6.06. The molecule has 0 aliphatic carbocycles. The molecular weight excluding hydrogens is 500 g/mol. The molecule has 4 aromatic heterocycles. The van der Waals surface area contributed by atoms with E-state index in [1.165, 1.54) is 0 Å². The fraction of sp³-hybridized carbons (Fsp3) is 0.385. The van der Waals surface area contributed by atoms with Crippen molar-refractivity contribution in [2.45, 2.75) is 12.8 Å². The van der Waals surface area contributed by atoms with Crippen LogP contribution < -0.4 is 15.5 Å². The van der Waals surface area contributed by atoms with Gasteiger partial charge in [-0.15, -0.1) is 10.2 Å². The molecule has 2 fully saturated rings. The summed E-state index contributed by atoms with van der Waals surface area (Å²) < 4.78 is 1.78. The zero-order valence-electron chi connectivity index (χ0n) is 21.1. The minimum absolute atomic E-state index is 0.0931. The Morgan fingerprint density at radius 2 is 1.95 bits per heavy atom. The van der Waals surface area contributed by atoms with Crippen LogP contribution in [0.1, 0.15) is 18.4 Å². The molecule has 0 radical (unpaired) electrons. The molecule has 6 heterocycles. The molecule has 0 spiro atoms. The van der Waals surface area contributed by atoms with Crippen LogP contribution in [0.4, 0.5) is 10.8 Å². The van der Waals surface area contributed by atoms with Gasteiger partial charge < -0.3 is 20.4 Å². The minimum atomic E-state index is 0.0931. The van der Waals surface area contributed by atoms with Gasteiger partial charge in [0.15, 0.2) is 5.01 Å². The fourth-order valence-electron chi connectivity index (χ4n) is 5.14. The number of rotatable bonds is 5. The highest BCUT2D eigenvalue weighted by molar-refractivity contribution is 7.18. The lowest BCUT2D eigenvalue weighted by atomic mass is 9.95. The molecule has 2 saturated heterocycles. The van der Waals surface area contributed by atoms with Crippen molar-refractivity contribution >= 4 is 33.6 Å². The first-order valence-electron chi connectivity index (χ1n) is 12.8. The predicted octanol–water partition coefficient (Wildman–Crippen LogP) is 2.48. The number of amides is 1. The quantitative estimate of drug-likeness (QED) is 0.402. The molecule has 2 N–H and O–H groups in total. The first-order valence-corrected chi connectivity index (χ1v) is 13.6. The third kappa shape index (κ3) is 4.55. The number of nitriles is 1. The maximum atomic E-state index is 12.9. The number of fused-ring (bicyclic) bond motifs is 1. The standard InChI is InChI=1S/C26H28N10OS/c1-28-21-13-22(23-3-2-19-12-17(14-27)15-31-36(19)23)30-16-20(21)24-32-33-26(38-24)35-8-4-18(5-9-35)25(37)34-10-6-29-7-11-34/h2-3,12-13,15-16,18,29H,4-11H2,1H3,(H,28,30). The Kier molecular flexibility index (Phi) is 6.61. The number of hydrogen-bond acceptors (Lipinski definition) is 10. The van der Waals surface area contributed by atoms with Gasteiger partial charge in [-0.25, -0.2) is 4.52 Å². The van der Waals surface area contributed by atoms with Gasteiger partial charge in [-0.05, 0) is 37.1 Å². The number of nitrogens with zero attached hydrogens (tertiary/aromatic N) is 8. The summed E-state index contributed by atoms with van der Waals surface area (Å²) in [6.45, 7) is 4.97. The first kappa shape index (κ1) is 24.3. The number of anilines is 2. The summed E-state index contributed by atoms with van der Waals surface area (Å²) >= 11 is 1.54. The molecule has 0 atom stereocenters. The third-order valence-corrected chi connectivity index (χ3v) is 8.27. The second kappa shape index (κ2) is 10.4. The largest absolute Gasteiger partial charge is 0.387 e. The number of nitrogens with one attached hydrogen (secondary N) is 2. The monoisotopic (exact) mass is 528 g/mol. The van der Waals surface area contributed by atoms with Crippen LogP contribution >= 0.6 is 11.3 Å². The van der Waals surface area contributed by atoms with Gasteiger partial charge in [-0.3, -0.25) is 9.78 Å². The van der Waals surface area contributed by atoms with E-state index in [9.17, 15) is 4.79 Å². The number of carbonyl (C=O) groups excluding carboxylic acids is 1. The molecule has 11 nitrogen and oxygen atoms in total. The molecule has 6 rings (SSSR count). The predicted molar refractivity (Wildman–Crippen MR) is 146 cm³/mol. The molecule has 4 aromatic rings. The smallest absolute Gasteiger partial charge is 0.225 e. The molecule has 2 aliphatic rings. The summed E-state index contributed by atoms with van der Waals surface area (Å²) in [7, 11) is 1.87. The van der Waals surface area contributed by atoms with Gasteiger partial charge in [0.1, 0.15) is 6.07 Å². The van der Waals surface area contributed by atoms with E-state index in [-0.39, 0.29) is 5.92 Å². The number of piperazine rings is 1. The van der Waals surface area contributed by atoms with E-state index in [1.54, 1.807) is 28.1 Å². The van der Waals surface area contributed by atoms with E-state index >= 15 is 0 Å². The molecule has 194 valence electrons. The Labute approximate surface area is 224 Å². The molecule has 2 aliphatic heterocycles. The number of piperidine rings is 1. The number of aromatic nitrogens is 5. The molecule has 0 bridgehead atoms. The zero-order chi connectivity index (χ0) is 26.1. The van der Waals surface area contributed by atoms with Crippen molar-refractivity contribution < 1.29 is 4.79 Å². The molecular formula is C26H28N10OS. The van der Waals surface area contributed by atoms with Crippen LogP contribution in [-0.4, -0.2) is 81.9 Å². The SMILES string of the molecule is CNc1cc(-c2ccc3cc(C#N)cnn23)ncc1-c1nnc(N2CCC(C(=O)N3CCNCC3)CC2)s1. The van der Waals surface area contributed by atoms with Gasteiger partial charge >= 0.3 is 0 Å². The molecule has 1 amide bonds. The Bertz CT molecular complexity index is 1510. The Balaban J connectivity index is 1.17. The lowest BCUT2D eigenvalue weighted by Gasteiger charge is -2.35. The average Bonchev–Trinajstić information content (AvgIpc) is 3.64. The summed E-state index contributed by atoms with van der Waals surface area (Å²) in [5, 5.41) is 30.7. The van der Waals surface area contributed by atoms with E-state index in [4.69, 9.17) is 10.2 Å². The second-order valence-electron chi connectivity index (χ2n) is 9.50. The van der Waals surface area contributed by atoms with Gasteiger partial charge in [0, 0.05) is 64.1 Å². The van der Waals surface area contributed by atoms with E-state index in [0.717, 1.165) is 90.4 Å². The topological polar surface area (TPSA) is 127 Å². The Morgan fingerprint density at radius 3 is 2.71 bits per heavy atom. The lowest BCUT2D eigenvalue weighted by molar-refractivity contribution is -0.136. The summed E-state index contributed by atoms with van der Waals surface area (Å²) in [5.41, 5.74) is 4.72. The van der Waals surface area contributed by atoms with E-state index in [2.05, 4.69) is 36.9 Å². The van der Waals surface area contributed by atoms with E-state index in [0.29, 0.717) is 11.5 Å². The van der Waals surface area contributed by atoms with Crippen LogP contribution in [-0.2, 0) is 4.79 Å². The van der Waals surface area contributed by atoms with Gasteiger partial charge in [0.05, 0.1) is 34.2 Å². The van der Waals surface area contributed by atoms with Crippen LogP contribution in [0, 0.1) is 17.2 Å². The summed E-state index contributed by atoms with van der Waals surface area (Å²) in [5.74, 6) is 0.390. The summed E-state index contributed by atoms with van der Waals surface area (Å²) in [6, 6.07) is 9.78. The van der Waals surface area contributed by atoms with Crippen molar-refractivity contribution in [1.29, 1.82) is 5.26 Å². The van der Waals surface area contributed by atoms with Crippen molar-refractivity contribution in [2.75, 3.05) is 56.5 Å². The van der Waals surface area contributed by atoms with Gasteiger partial charge in [-0.2, -0.15) is 10.4 Å². The Morgan fingerprint density at radius 1 is 1.13 bits per heavy atom. The molecule has 0 aromatic carbocycles. The number of pyridine rings is 1. The van der Waals surface area contributed by atoms with Gasteiger partial charge in [0.25, 0.3) is 0 Å². The summed E-state index contributed by atoms with van der Waals surface area (Å²) in [6.07, 6.45) is 5.04. The van der Waals surface area contributed by atoms with Crippen LogP contribution in [0.2, 0.25) is 0 Å². The lowest BCUT2D eigenvalue weighted by Crippen LogP contribution is -2.50. The zero-order valence-corrected chi connectivity index (χ0v) is 21.9. The van der Waals surface area contributed by atoms with Crippen LogP contribution in [0.5, 0.6) is 0 Å². The highest BCUT2D eigenvalue weighted by atomic mass is 32.1. The minimum Gasteiger partial charge on any atom is -0.387 e. The molecule has 0 unspecified atom stereocenters. The normalized spacial score (nSPS) is 16.5. The molecule has 0 saturated carbocycles. The highest BCUT2D eigenvalue weighted by Crippen LogP contribution is 2.36. The van der Waals surface area contributed by atoms with Gasteiger partial charge in [0.2, 0.25) is 11.0 Å². The number of hydrogen-bond donors (Lipinski definition) is 2. The van der Waals surface area contributed by atoms with Crippen molar-refractivity contribution in [3.63, 3.8) is 0 Å². The highest BCUT2D eigenvalue weighted by Gasteiger charge is 2.30. The van der Waals surface area contributed by atoms with Crippen LogP contribution in [0.3, 0.4) is 0 Å². The summed E-state index contributed by atoms with van der Waals surface area (Å²) in [4.78, 5) is 21.8. The van der Waals surface area contributed by atoms with Crippen molar-refractivity contribution in [2.24, 2.45) is 5.92 Å². The molecule has 38 heavy (non-hydrogen) atoms. The maximum absolute atomic E-state index is 12.9. The van der Waals surface area contributed by atoms with Crippen LogP contribution in [0.15, 0.2) is 36.7 Å². The maximum Gasteiger partial charge on any atom is 0.225 e. The van der Waals surface area contributed by atoms with Crippen molar-refractivity contribution in [1.82, 2.24) is 35.0 Å². The van der Waals surface area contributed by atoms with Crippen LogP contribution in [0.25, 0.3) is 27.5 Å². The van der Waals surface area contributed by atoms with Crippen molar-refractivity contribution in [3.05, 3.63) is 42.2 Å². The van der Waals surface area contributed by atoms with Crippen molar-refractivity contribution in [3.8, 4) is 28.0 Å². The third-order valence-electron chi connectivity index (χ3n) is 7.25. The van der Waals surface area contributed by atoms with E-state index < -0.39 is 0 Å².